The quantitative estimate of drug-likeness (QED) is 0.848. The highest BCUT2D eigenvalue weighted by molar-refractivity contribution is 5.85. The van der Waals surface area contributed by atoms with Crippen molar-refractivity contribution in [1.82, 2.24) is 5.32 Å². The minimum Gasteiger partial charge on any atom is -0.349 e. The standard InChI is InChI=1S/C14H20F2N2O.ClH/c1-10(2)12(11-6-4-3-5-7-11)13(19)18-9-14(15,16)8-17;/h3-7,10,12H,8-9,17H2,1-2H3,(H,18,19);1H. The number of carbonyl (C=O) groups is 1. The number of halogens is 3. The molecule has 0 saturated carbocycles. The first kappa shape index (κ1) is 18.8. The van der Waals surface area contributed by atoms with Crippen LogP contribution in [0, 0.1) is 5.92 Å². The van der Waals surface area contributed by atoms with Crippen LogP contribution in [0.2, 0.25) is 0 Å². The van der Waals surface area contributed by atoms with Crippen LogP contribution in [-0.4, -0.2) is 24.9 Å². The van der Waals surface area contributed by atoms with Gasteiger partial charge in [-0.25, -0.2) is 8.78 Å². The molecule has 0 spiro atoms. The lowest BCUT2D eigenvalue weighted by atomic mass is 9.87. The molecule has 1 atom stereocenters. The normalized spacial score (nSPS) is 12.7. The summed E-state index contributed by atoms with van der Waals surface area (Å²) in [6.45, 7) is 2.28. The zero-order chi connectivity index (χ0) is 14.5. The molecule has 0 radical (unpaired) electrons. The summed E-state index contributed by atoms with van der Waals surface area (Å²) in [5.41, 5.74) is 5.76. The summed E-state index contributed by atoms with van der Waals surface area (Å²) < 4.78 is 26.1. The first-order valence-corrected chi connectivity index (χ1v) is 6.28. The fourth-order valence-electron chi connectivity index (χ4n) is 1.90. The number of carbonyl (C=O) groups excluding carboxylic acids is 1. The van der Waals surface area contributed by atoms with Crippen LogP contribution >= 0.6 is 12.4 Å². The molecule has 1 rings (SSSR count). The number of hydrogen-bond donors (Lipinski definition) is 2. The summed E-state index contributed by atoms with van der Waals surface area (Å²) in [6, 6.07) is 9.15. The van der Waals surface area contributed by atoms with Gasteiger partial charge in [0.05, 0.1) is 19.0 Å². The monoisotopic (exact) mass is 306 g/mol. The maximum absolute atomic E-state index is 13.0. The third-order valence-electron chi connectivity index (χ3n) is 2.93. The zero-order valence-electron chi connectivity index (χ0n) is 11.6. The number of hydrogen-bond acceptors (Lipinski definition) is 2. The van der Waals surface area contributed by atoms with Gasteiger partial charge in [0.2, 0.25) is 5.91 Å². The van der Waals surface area contributed by atoms with E-state index >= 15 is 0 Å². The molecule has 6 heteroatoms. The summed E-state index contributed by atoms with van der Waals surface area (Å²) in [4.78, 5) is 12.1. The molecule has 1 unspecified atom stereocenters. The van der Waals surface area contributed by atoms with E-state index in [0.29, 0.717) is 0 Å². The molecule has 3 N–H and O–H groups in total. The van der Waals surface area contributed by atoms with Crippen molar-refractivity contribution in [2.45, 2.75) is 25.7 Å². The minimum atomic E-state index is -3.06. The van der Waals surface area contributed by atoms with Crippen LogP contribution in [0.3, 0.4) is 0 Å². The van der Waals surface area contributed by atoms with Gasteiger partial charge in [-0.3, -0.25) is 4.79 Å². The number of nitrogens with one attached hydrogen (secondary N) is 1. The number of rotatable bonds is 6. The Bertz CT molecular complexity index is 413. The van der Waals surface area contributed by atoms with E-state index in [0.717, 1.165) is 5.56 Å². The third-order valence-corrected chi connectivity index (χ3v) is 2.93. The van der Waals surface area contributed by atoms with Gasteiger partial charge in [0.15, 0.2) is 0 Å². The van der Waals surface area contributed by atoms with Gasteiger partial charge in [-0.15, -0.1) is 12.4 Å². The molecule has 20 heavy (non-hydrogen) atoms. The van der Waals surface area contributed by atoms with E-state index in [1.54, 1.807) is 0 Å². The van der Waals surface area contributed by atoms with E-state index in [1.807, 2.05) is 44.2 Å². The van der Waals surface area contributed by atoms with E-state index in [4.69, 9.17) is 5.73 Å². The van der Waals surface area contributed by atoms with Crippen molar-refractivity contribution >= 4 is 18.3 Å². The van der Waals surface area contributed by atoms with Crippen molar-refractivity contribution in [1.29, 1.82) is 0 Å². The van der Waals surface area contributed by atoms with Crippen molar-refractivity contribution in [3.63, 3.8) is 0 Å². The van der Waals surface area contributed by atoms with Gasteiger partial charge < -0.3 is 11.1 Å². The molecule has 0 fully saturated rings. The van der Waals surface area contributed by atoms with Crippen molar-refractivity contribution in [3.05, 3.63) is 35.9 Å². The Labute approximate surface area is 124 Å². The van der Waals surface area contributed by atoms with Crippen LogP contribution in [0.1, 0.15) is 25.3 Å². The molecule has 3 nitrogen and oxygen atoms in total. The van der Waals surface area contributed by atoms with Crippen LogP contribution in [0.25, 0.3) is 0 Å². The molecule has 0 aliphatic rings. The second-order valence-corrected chi connectivity index (χ2v) is 4.91. The summed E-state index contributed by atoms with van der Waals surface area (Å²) in [6.07, 6.45) is 0. The topological polar surface area (TPSA) is 55.1 Å². The average Bonchev–Trinajstić information content (AvgIpc) is 2.37. The average molecular weight is 307 g/mol. The van der Waals surface area contributed by atoms with Crippen LogP contribution in [0.4, 0.5) is 8.78 Å². The van der Waals surface area contributed by atoms with E-state index in [9.17, 15) is 13.6 Å². The predicted molar refractivity (Wildman–Crippen MR) is 78.3 cm³/mol. The molecule has 0 saturated heterocycles. The fourth-order valence-corrected chi connectivity index (χ4v) is 1.90. The van der Waals surface area contributed by atoms with Crippen LogP contribution < -0.4 is 11.1 Å². The van der Waals surface area contributed by atoms with Crippen molar-refractivity contribution < 1.29 is 13.6 Å². The van der Waals surface area contributed by atoms with Crippen molar-refractivity contribution in [2.24, 2.45) is 11.7 Å². The van der Waals surface area contributed by atoms with Crippen molar-refractivity contribution in [2.75, 3.05) is 13.1 Å². The molecule has 0 aliphatic carbocycles. The second kappa shape index (κ2) is 8.17. The highest BCUT2D eigenvalue weighted by Gasteiger charge is 2.30. The molecule has 0 aliphatic heterocycles. The van der Waals surface area contributed by atoms with Gasteiger partial charge in [-0.05, 0) is 11.5 Å². The summed E-state index contributed by atoms with van der Waals surface area (Å²) in [5.74, 6) is -3.87. The SMILES string of the molecule is CC(C)C(C(=O)NCC(F)(F)CN)c1ccccc1.Cl. The smallest absolute Gasteiger partial charge is 0.277 e. The van der Waals surface area contributed by atoms with E-state index in [-0.39, 0.29) is 18.3 Å². The highest BCUT2D eigenvalue weighted by Crippen LogP contribution is 2.24. The van der Waals surface area contributed by atoms with Crippen LogP contribution in [-0.2, 0) is 4.79 Å². The predicted octanol–water partition coefficient (Wildman–Crippen LogP) is 2.56. The molecule has 0 bridgehead atoms. The molecule has 1 aromatic carbocycles. The second-order valence-electron chi connectivity index (χ2n) is 4.91. The Hall–Kier alpha value is -1.20. The molecular formula is C14H21ClF2N2O. The van der Waals surface area contributed by atoms with E-state index < -0.39 is 30.8 Å². The third kappa shape index (κ3) is 5.43. The van der Waals surface area contributed by atoms with Crippen molar-refractivity contribution in [3.8, 4) is 0 Å². The highest BCUT2D eigenvalue weighted by atomic mass is 35.5. The maximum Gasteiger partial charge on any atom is 0.277 e. The molecule has 114 valence electrons. The molecule has 1 amide bonds. The molecule has 1 aromatic rings. The number of amides is 1. The Kier molecular flexibility index (Phi) is 7.68. The Balaban J connectivity index is 0.00000361. The Morgan fingerprint density at radius 2 is 1.85 bits per heavy atom. The molecule has 0 aromatic heterocycles. The lowest BCUT2D eigenvalue weighted by Crippen LogP contribution is -2.43. The molecular weight excluding hydrogens is 286 g/mol. The summed E-state index contributed by atoms with van der Waals surface area (Å²) in [5, 5.41) is 2.28. The lowest BCUT2D eigenvalue weighted by molar-refractivity contribution is -0.125. The van der Waals surface area contributed by atoms with Gasteiger partial charge >= 0.3 is 0 Å². The van der Waals surface area contributed by atoms with Crippen LogP contribution in [0.5, 0.6) is 0 Å². The zero-order valence-corrected chi connectivity index (χ0v) is 12.4. The largest absolute Gasteiger partial charge is 0.349 e. The molecule has 0 heterocycles. The fraction of sp³-hybridized carbons (Fsp3) is 0.500. The van der Waals surface area contributed by atoms with Crippen LogP contribution in [0.15, 0.2) is 30.3 Å². The van der Waals surface area contributed by atoms with Gasteiger partial charge in [0, 0.05) is 0 Å². The van der Waals surface area contributed by atoms with Gasteiger partial charge in [-0.1, -0.05) is 44.2 Å². The summed E-state index contributed by atoms with van der Waals surface area (Å²) in [7, 11) is 0. The Morgan fingerprint density at radius 3 is 2.30 bits per heavy atom. The summed E-state index contributed by atoms with van der Waals surface area (Å²) >= 11 is 0. The number of benzene rings is 1. The number of nitrogens with two attached hydrogens (primary N) is 1. The maximum atomic E-state index is 13.0. The van der Waals surface area contributed by atoms with Gasteiger partial charge in [-0.2, -0.15) is 0 Å². The minimum absolute atomic E-state index is 0. The first-order chi connectivity index (χ1) is 8.87. The van der Waals surface area contributed by atoms with Gasteiger partial charge in [0.1, 0.15) is 0 Å². The van der Waals surface area contributed by atoms with Gasteiger partial charge in [0.25, 0.3) is 5.92 Å². The first-order valence-electron chi connectivity index (χ1n) is 6.28. The Morgan fingerprint density at radius 1 is 1.30 bits per heavy atom. The number of alkyl halides is 2. The van der Waals surface area contributed by atoms with E-state index in [1.165, 1.54) is 0 Å². The lowest BCUT2D eigenvalue weighted by Gasteiger charge is -2.22. The van der Waals surface area contributed by atoms with E-state index in [2.05, 4.69) is 5.32 Å².